The van der Waals surface area contributed by atoms with E-state index in [1.807, 2.05) is 6.92 Å². The summed E-state index contributed by atoms with van der Waals surface area (Å²) in [6.07, 6.45) is 0. The fourth-order valence-electron chi connectivity index (χ4n) is 1.97. The number of nitrogens with zero attached hydrogens (tertiary/aromatic N) is 1. The summed E-state index contributed by atoms with van der Waals surface area (Å²) >= 11 is 3.09. The van der Waals surface area contributed by atoms with Crippen LogP contribution < -0.4 is 5.32 Å². The van der Waals surface area contributed by atoms with Crippen LogP contribution in [0.2, 0.25) is 0 Å². The van der Waals surface area contributed by atoms with Gasteiger partial charge in [-0.05, 0) is 35.0 Å². The van der Waals surface area contributed by atoms with Crippen LogP contribution in [-0.2, 0) is 0 Å². The third kappa shape index (κ3) is 2.70. The maximum Gasteiger partial charge on any atom is 0.255 e. The SMILES string of the molecule is CC1CN(C(=O)c2cc(F)c(F)cc2Br)CCN1. The van der Waals surface area contributed by atoms with Crippen molar-refractivity contribution in [2.45, 2.75) is 13.0 Å². The number of amides is 1. The zero-order valence-electron chi connectivity index (χ0n) is 9.84. The fourth-order valence-corrected chi connectivity index (χ4v) is 2.46. The molecule has 2 rings (SSSR count). The molecule has 1 unspecified atom stereocenters. The van der Waals surface area contributed by atoms with E-state index in [2.05, 4.69) is 21.2 Å². The third-order valence-electron chi connectivity index (χ3n) is 2.90. The average molecular weight is 319 g/mol. The van der Waals surface area contributed by atoms with Crippen molar-refractivity contribution in [3.63, 3.8) is 0 Å². The molecule has 0 spiro atoms. The molecular formula is C12H13BrF2N2O. The molecule has 0 radical (unpaired) electrons. The maximum atomic E-state index is 13.2. The lowest BCUT2D eigenvalue weighted by Gasteiger charge is -2.32. The highest BCUT2D eigenvalue weighted by molar-refractivity contribution is 9.10. The van der Waals surface area contributed by atoms with Gasteiger partial charge in [0.1, 0.15) is 0 Å². The Morgan fingerprint density at radius 3 is 2.78 bits per heavy atom. The van der Waals surface area contributed by atoms with E-state index in [0.717, 1.165) is 12.1 Å². The van der Waals surface area contributed by atoms with Crippen LogP contribution in [0.25, 0.3) is 0 Å². The zero-order chi connectivity index (χ0) is 13.3. The van der Waals surface area contributed by atoms with Crippen LogP contribution in [0.3, 0.4) is 0 Å². The van der Waals surface area contributed by atoms with Gasteiger partial charge in [0.2, 0.25) is 0 Å². The van der Waals surface area contributed by atoms with Crippen molar-refractivity contribution in [2.75, 3.05) is 19.6 Å². The molecule has 1 N–H and O–H groups in total. The van der Waals surface area contributed by atoms with Crippen molar-refractivity contribution >= 4 is 21.8 Å². The molecule has 6 heteroatoms. The molecule has 0 aliphatic carbocycles. The van der Waals surface area contributed by atoms with E-state index < -0.39 is 11.6 Å². The summed E-state index contributed by atoms with van der Waals surface area (Å²) in [4.78, 5) is 13.8. The lowest BCUT2D eigenvalue weighted by molar-refractivity contribution is 0.0707. The van der Waals surface area contributed by atoms with E-state index in [9.17, 15) is 13.6 Å². The highest BCUT2D eigenvalue weighted by Crippen LogP contribution is 2.22. The van der Waals surface area contributed by atoms with Gasteiger partial charge in [0.25, 0.3) is 5.91 Å². The van der Waals surface area contributed by atoms with E-state index >= 15 is 0 Å². The van der Waals surface area contributed by atoms with Crippen molar-refractivity contribution in [3.8, 4) is 0 Å². The Labute approximate surface area is 112 Å². The molecule has 1 aliphatic heterocycles. The molecule has 1 aromatic rings. The number of carbonyl (C=O) groups is 1. The molecule has 18 heavy (non-hydrogen) atoms. The van der Waals surface area contributed by atoms with Gasteiger partial charge in [-0.15, -0.1) is 0 Å². The number of nitrogens with one attached hydrogen (secondary N) is 1. The maximum absolute atomic E-state index is 13.2. The summed E-state index contributed by atoms with van der Waals surface area (Å²) in [5.74, 6) is -2.26. The largest absolute Gasteiger partial charge is 0.336 e. The Balaban J connectivity index is 2.25. The first-order valence-electron chi connectivity index (χ1n) is 5.66. The standard InChI is InChI=1S/C12H13BrF2N2O/c1-7-6-17(3-2-16-7)12(18)8-4-10(14)11(15)5-9(8)13/h4-5,7,16H,2-3,6H2,1H3. The highest BCUT2D eigenvalue weighted by atomic mass is 79.9. The first kappa shape index (κ1) is 13.4. The van der Waals surface area contributed by atoms with E-state index in [0.29, 0.717) is 19.6 Å². The molecule has 0 aromatic heterocycles. The van der Waals surface area contributed by atoms with Crippen LogP contribution in [-0.4, -0.2) is 36.5 Å². The summed E-state index contributed by atoms with van der Waals surface area (Å²) in [6, 6.07) is 2.12. The molecule has 1 amide bonds. The first-order chi connectivity index (χ1) is 8.49. The molecule has 98 valence electrons. The van der Waals surface area contributed by atoms with Crippen LogP contribution in [0.15, 0.2) is 16.6 Å². The lowest BCUT2D eigenvalue weighted by Crippen LogP contribution is -2.51. The first-order valence-corrected chi connectivity index (χ1v) is 6.45. The van der Waals surface area contributed by atoms with Gasteiger partial charge in [-0.25, -0.2) is 8.78 Å². The van der Waals surface area contributed by atoms with Gasteiger partial charge in [-0.3, -0.25) is 4.79 Å². The second-order valence-corrected chi connectivity index (χ2v) is 5.21. The van der Waals surface area contributed by atoms with E-state index in [1.165, 1.54) is 0 Å². The molecule has 0 saturated carbocycles. The van der Waals surface area contributed by atoms with Gasteiger partial charge in [0.05, 0.1) is 5.56 Å². The van der Waals surface area contributed by atoms with Crippen molar-refractivity contribution in [1.82, 2.24) is 10.2 Å². The predicted octanol–water partition coefficient (Wildman–Crippen LogP) is 2.16. The summed E-state index contributed by atoms with van der Waals surface area (Å²) < 4.78 is 26.4. The highest BCUT2D eigenvalue weighted by Gasteiger charge is 2.24. The van der Waals surface area contributed by atoms with Gasteiger partial charge < -0.3 is 10.2 Å². The lowest BCUT2D eigenvalue weighted by atomic mass is 10.1. The van der Waals surface area contributed by atoms with Crippen molar-refractivity contribution in [2.24, 2.45) is 0 Å². The number of carbonyl (C=O) groups excluding carboxylic acids is 1. The second-order valence-electron chi connectivity index (χ2n) is 4.35. The Kier molecular flexibility index (Phi) is 3.97. The van der Waals surface area contributed by atoms with Gasteiger partial charge >= 0.3 is 0 Å². The van der Waals surface area contributed by atoms with Crippen LogP contribution in [0, 0.1) is 11.6 Å². The van der Waals surface area contributed by atoms with Crippen LogP contribution in [0.4, 0.5) is 8.78 Å². The molecule has 1 heterocycles. The number of benzene rings is 1. The monoisotopic (exact) mass is 318 g/mol. The Morgan fingerprint density at radius 1 is 1.44 bits per heavy atom. The van der Waals surface area contributed by atoms with Crippen LogP contribution in [0.1, 0.15) is 17.3 Å². The molecule has 3 nitrogen and oxygen atoms in total. The minimum atomic E-state index is -1.01. The molecule has 0 bridgehead atoms. The summed E-state index contributed by atoms with van der Waals surface area (Å²) in [7, 11) is 0. The summed E-state index contributed by atoms with van der Waals surface area (Å²) in [5, 5.41) is 3.21. The van der Waals surface area contributed by atoms with Gasteiger partial charge in [-0.1, -0.05) is 0 Å². The van der Waals surface area contributed by atoms with Crippen LogP contribution >= 0.6 is 15.9 Å². The number of piperazine rings is 1. The molecular weight excluding hydrogens is 306 g/mol. The van der Waals surface area contributed by atoms with Crippen molar-refractivity contribution < 1.29 is 13.6 Å². The molecule has 1 saturated heterocycles. The second kappa shape index (κ2) is 5.32. The van der Waals surface area contributed by atoms with E-state index in [1.54, 1.807) is 4.90 Å². The molecule has 1 aliphatic rings. The smallest absolute Gasteiger partial charge is 0.255 e. The van der Waals surface area contributed by atoms with E-state index in [-0.39, 0.29) is 22.0 Å². The predicted molar refractivity (Wildman–Crippen MR) is 67.4 cm³/mol. The van der Waals surface area contributed by atoms with Crippen LogP contribution in [0.5, 0.6) is 0 Å². The van der Waals surface area contributed by atoms with Gasteiger partial charge in [-0.2, -0.15) is 0 Å². The number of hydrogen-bond donors (Lipinski definition) is 1. The fraction of sp³-hybridized carbons (Fsp3) is 0.417. The molecule has 1 fully saturated rings. The third-order valence-corrected chi connectivity index (χ3v) is 3.55. The number of rotatable bonds is 1. The van der Waals surface area contributed by atoms with E-state index in [4.69, 9.17) is 0 Å². The molecule has 1 aromatic carbocycles. The van der Waals surface area contributed by atoms with Gasteiger partial charge in [0, 0.05) is 30.1 Å². The average Bonchev–Trinajstić information content (AvgIpc) is 2.33. The minimum Gasteiger partial charge on any atom is -0.336 e. The zero-order valence-corrected chi connectivity index (χ0v) is 11.4. The number of hydrogen-bond acceptors (Lipinski definition) is 2. The topological polar surface area (TPSA) is 32.3 Å². The Morgan fingerprint density at radius 2 is 2.11 bits per heavy atom. The summed E-state index contributed by atoms with van der Waals surface area (Å²) in [6.45, 7) is 3.80. The number of halogens is 3. The van der Waals surface area contributed by atoms with Crippen molar-refractivity contribution in [3.05, 3.63) is 33.8 Å². The normalized spacial score (nSPS) is 20.0. The summed E-state index contributed by atoms with van der Waals surface area (Å²) in [5.41, 5.74) is 0.156. The Hall–Kier alpha value is -1.01. The van der Waals surface area contributed by atoms with Crippen molar-refractivity contribution in [1.29, 1.82) is 0 Å². The van der Waals surface area contributed by atoms with Gasteiger partial charge in [0.15, 0.2) is 11.6 Å². The minimum absolute atomic E-state index is 0.156. The molecule has 1 atom stereocenters. The Bertz CT molecular complexity index is 481. The quantitative estimate of drug-likeness (QED) is 0.805.